The van der Waals surface area contributed by atoms with Crippen LogP contribution >= 0.6 is 0 Å². The van der Waals surface area contributed by atoms with Gasteiger partial charge in [0.25, 0.3) is 0 Å². The van der Waals surface area contributed by atoms with Crippen LogP contribution in [0.4, 0.5) is 5.69 Å². The van der Waals surface area contributed by atoms with Crippen LogP contribution in [0.15, 0.2) is 328 Å². The van der Waals surface area contributed by atoms with Crippen LogP contribution < -0.4 is 0 Å². The molecule has 0 aliphatic heterocycles. The number of hydrogen-bond donors (Lipinski definition) is 0. The zero-order valence-corrected chi connectivity index (χ0v) is 60.8. The summed E-state index contributed by atoms with van der Waals surface area (Å²) >= 11 is 0. The summed E-state index contributed by atoms with van der Waals surface area (Å²) in [5.74, 6) is -1.61. The molecule has 0 aliphatic rings. The monoisotopic (exact) mass is 1480 g/mol. The maximum Gasteiger partial charge on any atom is 0.338 e. The van der Waals surface area contributed by atoms with E-state index in [1.54, 1.807) is 72.8 Å². The smallest absolute Gasteiger partial charge is 0.338 e. The minimum absolute atomic E-state index is 0.0306. The van der Waals surface area contributed by atoms with Crippen LogP contribution in [0.2, 0.25) is 0 Å². The molecule has 114 heavy (non-hydrogen) atoms. The number of benzene rings is 14. The summed E-state index contributed by atoms with van der Waals surface area (Å²) < 4.78 is 27.9. The van der Waals surface area contributed by atoms with E-state index in [1.807, 2.05) is 259 Å². The van der Waals surface area contributed by atoms with Crippen molar-refractivity contribution in [3.05, 3.63) is 395 Å². The topological polar surface area (TPSA) is 206 Å². The number of aromatic nitrogens is 5. The molecule has 542 valence electrons. The first-order valence-corrected chi connectivity index (χ1v) is 36.6. The van der Waals surface area contributed by atoms with Gasteiger partial charge in [0.2, 0.25) is 0 Å². The van der Waals surface area contributed by atoms with Gasteiger partial charge in [0.15, 0.2) is 23.2 Å². The van der Waals surface area contributed by atoms with Crippen molar-refractivity contribution in [2.24, 2.45) is 0 Å². The van der Waals surface area contributed by atoms with E-state index >= 15 is 0 Å². The molecule has 0 atom stereocenters. The van der Waals surface area contributed by atoms with Crippen LogP contribution in [0.25, 0.3) is 127 Å². The largest absolute Gasteiger partial charge is 0.457 e. The van der Waals surface area contributed by atoms with E-state index < -0.39 is 23.9 Å². The Balaban J connectivity index is 0.914. The highest BCUT2D eigenvalue weighted by molar-refractivity contribution is 6.15. The summed E-state index contributed by atoms with van der Waals surface area (Å²) in [5.41, 5.74) is 15.4. The highest BCUT2D eigenvalue weighted by Crippen LogP contribution is 2.43. The molecule has 0 amide bonds. The summed E-state index contributed by atoms with van der Waals surface area (Å²) in [6.45, 7) is 8.25. The molecular formula is C98H62N8O8. The molecular weight excluding hydrogens is 1420 g/mol. The quantitative estimate of drug-likeness (QED) is 0.0396. The van der Waals surface area contributed by atoms with Crippen LogP contribution in [0.1, 0.15) is 74.8 Å². The number of carbonyl (C=O) groups excluding carboxylic acids is 4. The number of hydrogen-bond acceptors (Lipinski definition) is 13. The second kappa shape index (κ2) is 31.3. The lowest BCUT2D eigenvalue weighted by atomic mass is 9.98. The van der Waals surface area contributed by atoms with Gasteiger partial charge in [0, 0.05) is 38.2 Å². The number of fused-ring (bicyclic) bond motifs is 6. The van der Waals surface area contributed by atoms with Gasteiger partial charge in [-0.25, -0.2) is 39.0 Å². The van der Waals surface area contributed by atoms with Crippen LogP contribution in [-0.2, 0) is 45.4 Å². The lowest BCUT2D eigenvalue weighted by Gasteiger charge is -2.18. The minimum Gasteiger partial charge on any atom is -0.457 e. The van der Waals surface area contributed by atoms with Crippen molar-refractivity contribution >= 4 is 73.2 Å². The Labute approximate surface area is 654 Å². The summed E-state index contributed by atoms with van der Waals surface area (Å²) in [4.78, 5) is 77.9. The van der Waals surface area contributed by atoms with Gasteiger partial charge >= 0.3 is 23.9 Å². The Morgan fingerprint density at radius 3 is 1.03 bits per heavy atom. The van der Waals surface area contributed by atoms with E-state index in [9.17, 15) is 29.7 Å². The van der Waals surface area contributed by atoms with Gasteiger partial charge in [0.05, 0.1) is 85.5 Å². The minimum atomic E-state index is -0.561. The third kappa shape index (κ3) is 14.6. The maximum atomic E-state index is 14.3. The molecule has 16 nitrogen and oxygen atoms in total. The average molecular weight is 1480 g/mol. The maximum absolute atomic E-state index is 14.3. The summed E-state index contributed by atoms with van der Waals surface area (Å²) in [7, 11) is 0. The molecule has 14 aromatic carbocycles. The summed E-state index contributed by atoms with van der Waals surface area (Å²) in [5, 5.41) is 22.7. The second-order valence-electron chi connectivity index (χ2n) is 27.2. The van der Waals surface area contributed by atoms with E-state index in [1.165, 1.54) is 0 Å². The zero-order valence-electron chi connectivity index (χ0n) is 60.8. The molecule has 17 aromatic rings. The Morgan fingerprint density at radius 2 is 0.640 bits per heavy atom. The van der Waals surface area contributed by atoms with Gasteiger partial charge in [-0.1, -0.05) is 194 Å². The zero-order chi connectivity index (χ0) is 77.6. The fourth-order valence-electron chi connectivity index (χ4n) is 14.3. The first kappa shape index (κ1) is 71.0. The molecule has 0 aliphatic carbocycles. The van der Waals surface area contributed by atoms with E-state index in [4.69, 9.17) is 40.5 Å². The number of rotatable bonds is 20. The standard InChI is InChI=1S/C98H62N8O8/c1-101-79-30-16-28-71(49-79)73-36-42-91(106-88-45-39-77(97(109)113-60-65-21-10-4-11-22-65)54-82(88)83-55-78(40-46-89(83)106)98(110)114-61-66-23-12-5-13-24-66)85(51-73)94-103-92(74-29-15-27-70(48-74)68-33-31-62(56-99)32-34-68)102-93(104-94)84-50-72(69-26-14-25-67(47-69)57-100)35-41-90(84)105-86-43-37-75(95(107)111-58-63-17-6-2-7-18-63)52-80(86)81-53-76(38-44-87(81)105)96(108)112-59-64-19-8-3-9-20-64/h2-55H,58-61H2. The second-order valence-corrected chi connectivity index (χ2v) is 27.2. The molecule has 0 bridgehead atoms. The number of esters is 4. The molecule has 0 saturated heterocycles. The Bertz CT molecular complexity index is 6220. The molecule has 17 rings (SSSR count). The number of nitriles is 2. The van der Waals surface area contributed by atoms with Crippen molar-refractivity contribution in [1.29, 1.82) is 10.5 Å². The molecule has 0 radical (unpaired) electrons. The molecule has 0 N–H and O–H groups in total. The third-order valence-electron chi connectivity index (χ3n) is 20.0. The first-order chi connectivity index (χ1) is 56.0. The molecule has 16 heteroatoms. The van der Waals surface area contributed by atoms with Gasteiger partial charge in [0.1, 0.15) is 26.4 Å². The van der Waals surface area contributed by atoms with E-state index in [2.05, 4.69) is 21.6 Å². The predicted octanol–water partition coefficient (Wildman–Crippen LogP) is 21.8. The highest BCUT2D eigenvalue weighted by Gasteiger charge is 2.27. The fourth-order valence-corrected chi connectivity index (χ4v) is 14.3. The van der Waals surface area contributed by atoms with Crippen LogP contribution in [0, 0.1) is 29.2 Å². The SMILES string of the molecule is [C-]#[N+]c1cccc(-c2ccc(-n3c4ccc(C(=O)OCc5ccccc5)cc4c4cc(C(=O)OCc5ccccc5)ccc43)c(-c3nc(-c4cccc(-c5ccc(C#N)cc5)c4)nc(-c4cc(-c5cccc(C#N)c5)ccc4-n4c5ccc(C(=O)OCc6ccccc6)cc5c5cc(C(=O)OCc6ccccc6)ccc54)n3)c2)c1. The summed E-state index contributed by atoms with van der Waals surface area (Å²) in [6, 6.07) is 105. The molecule has 0 fully saturated rings. The van der Waals surface area contributed by atoms with E-state index in [0.29, 0.717) is 105 Å². The molecule has 0 spiro atoms. The van der Waals surface area contributed by atoms with Gasteiger partial charge in [-0.15, -0.1) is 0 Å². The number of ether oxygens (including phenoxy) is 4. The fraction of sp³-hybridized carbons (Fsp3) is 0.0408. The molecule has 0 unspecified atom stereocenters. The molecule has 3 heterocycles. The van der Waals surface area contributed by atoms with Crippen molar-refractivity contribution in [3.63, 3.8) is 0 Å². The molecule has 0 saturated carbocycles. The van der Waals surface area contributed by atoms with Crippen molar-refractivity contribution in [2.45, 2.75) is 26.4 Å². The number of carbonyl (C=O) groups is 4. The average Bonchev–Trinajstić information content (AvgIpc) is 1.59. The van der Waals surface area contributed by atoms with E-state index in [0.717, 1.165) is 38.9 Å². The van der Waals surface area contributed by atoms with Gasteiger partial charge in [-0.3, -0.25) is 0 Å². The summed E-state index contributed by atoms with van der Waals surface area (Å²) in [6.07, 6.45) is 0. The van der Waals surface area contributed by atoms with Crippen molar-refractivity contribution in [1.82, 2.24) is 24.1 Å². The highest BCUT2D eigenvalue weighted by atomic mass is 16.5. The van der Waals surface area contributed by atoms with Crippen molar-refractivity contribution in [3.8, 4) is 91.1 Å². The number of nitrogens with zero attached hydrogens (tertiary/aromatic N) is 8. The predicted molar refractivity (Wildman–Crippen MR) is 439 cm³/mol. The normalized spacial score (nSPS) is 11.1. The Hall–Kier alpha value is -16.0. The lowest BCUT2D eigenvalue weighted by Crippen LogP contribution is -2.07. The molecule has 3 aromatic heterocycles. The van der Waals surface area contributed by atoms with Crippen LogP contribution in [0.5, 0.6) is 0 Å². The van der Waals surface area contributed by atoms with Crippen LogP contribution in [-0.4, -0.2) is 48.0 Å². The lowest BCUT2D eigenvalue weighted by molar-refractivity contribution is 0.0464. The third-order valence-corrected chi connectivity index (χ3v) is 20.0. The van der Waals surface area contributed by atoms with Crippen LogP contribution in [0.3, 0.4) is 0 Å². The van der Waals surface area contributed by atoms with Crippen molar-refractivity contribution in [2.75, 3.05) is 0 Å². The van der Waals surface area contributed by atoms with Gasteiger partial charge in [-0.2, -0.15) is 10.5 Å². The Morgan fingerprint density at radius 1 is 0.307 bits per heavy atom. The Kier molecular flexibility index (Phi) is 19.5. The van der Waals surface area contributed by atoms with Gasteiger partial charge < -0.3 is 28.1 Å². The van der Waals surface area contributed by atoms with Gasteiger partial charge in [-0.05, 0) is 189 Å². The first-order valence-electron chi connectivity index (χ1n) is 36.6. The van der Waals surface area contributed by atoms with Crippen molar-refractivity contribution < 1.29 is 38.1 Å². The van der Waals surface area contributed by atoms with E-state index in [-0.39, 0.29) is 66.2 Å².